The summed E-state index contributed by atoms with van der Waals surface area (Å²) >= 11 is 1.48. The van der Waals surface area contributed by atoms with Crippen LogP contribution in [0.5, 0.6) is 5.75 Å². The van der Waals surface area contributed by atoms with Gasteiger partial charge in [0.1, 0.15) is 24.4 Å². The van der Waals surface area contributed by atoms with Gasteiger partial charge in [-0.25, -0.2) is 9.69 Å². The quantitative estimate of drug-likeness (QED) is 0.190. The van der Waals surface area contributed by atoms with Gasteiger partial charge in [0.25, 0.3) is 17.7 Å². The normalized spacial score (nSPS) is 27.8. The van der Waals surface area contributed by atoms with Gasteiger partial charge in [0.15, 0.2) is 18.2 Å². The third-order valence-corrected chi connectivity index (χ3v) is 9.98. The summed E-state index contributed by atoms with van der Waals surface area (Å²) in [6.07, 6.45) is 3.25. The average molecular weight is 624 g/mol. The first-order chi connectivity index (χ1) is 21.5. The van der Waals surface area contributed by atoms with Gasteiger partial charge in [0.2, 0.25) is 0 Å². The second-order valence-corrected chi connectivity index (χ2v) is 12.5. The standard InChI is InChI=1S/C31H43N8O4S/c1-5-6-12-18-37-30(36-19-17-32-20-26(36)25-15-10-11-16-27(25)41-4)39(28-21-42-23(2)43-28,44-29-34-33-22-35(29)3)38(31(37)40)24-13-8-7-9-14-24/h7-11,13-16,22-23,26,28,30,32H,5-6,12,17-21H2,1-4H3/q+1. The third-order valence-electron chi connectivity index (χ3n) is 8.56. The first-order valence-corrected chi connectivity index (χ1v) is 16.2. The third kappa shape index (κ3) is 5.57. The fraction of sp³-hybridized carbons (Fsp3) is 0.516. The Morgan fingerprint density at radius 3 is 2.64 bits per heavy atom. The number of aromatic nitrogens is 3. The maximum atomic E-state index is 15.0. The SMILES string of the molecule is CCCCCN1C(=O)N(c2ccccc2)[N+](Sc2nncn2C)(C2COC(C)O2)C1N1CCNCC1c1ccccc1OC. The van der Waals surface area contributed by atoms with Crippen LogP contribution in [0, 0.1) is 0 Å². The minimum atomic E-state index is -0.523. The maximum absolute atomic E-state index is 15.0. The number of carbonyl (C=O) groups excluding carboxylic acids is 1. The number of rotatable bonds is 11. The van der Waals surface area contributed by atoms with Gasteiger partial charge >= 0.3 is 6.03 Å². The van der Waals surface area contributed by atoms with Crippen LogP contribution < -0.4 is 15.1 Å². The van der Waals surface area contributed by atoms with Crippen LogP contribution in [0.2, 0.25) is 0 Å². The van der Waals surface area contributed by atoms with Crippen molar-refractivity contribution >= 4 is 23.7 Å². The summed E-state index contributed by atoms with van der Waals surface area (Å²) in [6.45, 7) is 7.19. The van der Waals surface area contributed by atoms with Gasteiger partial charge in [-0.3, -0.25) is 9.64 Å². The lowest BCUT2D eigenvalue weighted by atomic mass is 10.0. The number of aryl methyl sites for hydroxylation is 1. The molecule has 2 amide bonds. The van der Waals surface area contributed by atoms with Crippen molar-refractivity contribution in [3.05, 3.63) is 66.5 Å². The second kappa shape index (κ2) is 13.4. The minimum Gasteiger partial charge on any atom is -0.496 e. The molecule has 2 aromatic carbocycles. The molecule has 0 spiro atoms. The minimum absolute atomic E-state index is 0.0392. The number of hydrogen-bond acceptors (Lipinski definition) is 9. The van der Waals surface area contributed by atoms with Gasteiger partial charge < -0.3 is 19.4 Å². The van der Waals surface area contributed by atoms with E-state index in [1.807, 2.05) is 77.0 Å². The summed E-state index contributed by atoms with van der Waals surface area (Å²) < 4.78 is 20.5. The number of methoxy groups -OCH3 is 1. The molecule has 3 fully saturated rings. The summed E-state index contributed by atoms with van der Waals surface area (Å²) in [4.78, 5) is 19.5. The zero-order valence-electron chi connectivity index (χ0n) is 25.9. The van der Waals surface area contributed by atoms with E-state index in [1.165, 1.54) is 11.9 Å². The van der Waals surface area contributed by atoms with Crippen molar-refractivity contribution in [2.75, 3.05) is 44.9 Å². The highest BCUT2D eigenvalue weighted by molar-refractivity contribution is 7.93. The topological polar surface area (TPSA) is 97.2 Å². The summed E-state index contributed by atoms with van der Waals surface area (Å²) in [5.74, 6) is 0.820. The lowest BCUT2D eigenvalue weighted by molar-refractivity contribution is -0.885. The van der Waals surface area contributed by atoms with Crippen molar-refractivity contribution in [2.45, 2.75) is 63.1 Å². The molecule has 12 nitrogen and oxygen atoms in total. The fourth-order valence-electron chi connectivity index (χ4n) is 6.50. The second-order valence-electron chi connectivity index (χ2n) is 11.4. The first-order valence-electron chi connectivity index (χ1n) is 15.4. The number of unbranched alkanes of at least 4 members (excludes halogenated alkanes) is 2. The molecule has 236 valence electrons. The van der Waals surface area contributed by atoms with Gasteiger partial charge in [0, 0.05) is 38.8 Å². The van der Waals surface area contributed by atoms with Crippen LogP contribution in [0.3, 0.4) is 0 Å². The van der Waals surface area contributed by atoms with Crippen LogP contribution in [0.4, 0.5) is 10.5 Å². The van der Waals surface area contributed by atoms with Crippen LogP contribution >= 0.6 is 11.9 Å². The van der Waals surface area contributed by atoms with E-state index < -0.39 is 18.8 Å². The monoisotopic (exact) mass is 623 g/mol. The van der Waals surface area contributed by atoms with E-state index in [0.717, 1.165) is 42.8 Å². The van der Waals surface area contributed by atoms with Crippen LogP contribution in [-0.4, -0.2) is 93.3 Å². The van der Waals surface area contributed by atoms with Crippen molar-refractivity contribution in [1.29, 1.82) is 0 Å². The maximum Gasteiger partial charge on any atom is 0.376 e. The Hall–Kier alpha value is -3.20. The zero-order valence-corrected chi connectivity index (χ0v) is 26.7. The van der Waals surface area contributed by atoms with Crippen LogP contribution in [0.1, 0.15) is 44.7 Å². The molecule has 0 bridgehead atoms. The smallest absolute Gasteiger partial charge is 0.376 e. The van der Waals surface area contributed by atoms with Gasteiger partial charge in [0.05, 0.1) is 13.2 Å². The molecular weight excluding hydrogens is 580 g/mol. The van der Waals surface area contributed by atoms with Crippen molar-refractivity contribution in [1.82, 2.24) is 29.9 Å². The lowest BCUT2D eigenvalue weighted by Crippen LogP contribution is -2.70. The van der Waals surface area contributed by atoms with E-state index in [-0.39, 0.29) is 16.1 Å². The van der Waals surface area contributed by atoms with E-state index in [4.69, 9.17) is 14.2 Å². The molecule has 44 heavy (non-hydrogen) atoms. The molecule has 13 heteroatoms. The lowest BCUT2D eigenvalue weighted by Gasteiger charge is -2.49. The summed E-state index contributed by atoms with van der Waals surface area (Å²) in [7, 11) is 3.64. The fourth-order valence-corrected chi connectivity index (χ4v) is 7.82. The Labute approximate surface area is 263 Å². The molecule has 3 aliphatic heterocycles. The highest BCUT2D eigenvalue weighted by Crippen LogP contribution is 2.51. The van der Waals surface area contributed by atoms with Gasteiger partial charge in [-0.1, -0.05) is 60.2 Å². The molecule has 5 atom stereocenters. The summed E-state index contributed by atoms with van der Waals surface area (Å²) in [6, 6.07) is 17.9. The Kier molecular flexibility index (Phi) is 9.40. The number of ether oxygens (including phenoxy) is 3. The summed E-state index contributed by atoms with van der Waals surface area (Å²) in [5.41, 5.74) is 1.85. The number of amides is 2. The van der Waals surface area contributed by atoms with Crippen molar-refractivity contribution in [3.63, 3.8) is 0 Å². The first kappa shape index (κ1) is 30.8. The largest absolute Gasteiger partial charge is 0.496 e. The van der Waals surface area contributed by atoms with Gasteiger partial charge in [-0.05, 0) is 31.5 Å². The molecule has 0 saturated carbocycles. The predicted octanol–water partition coefficient (Wildman–Crippen LogP) is 4.34. The number of anilines is 1. The van der Waals surface area contributed by atoms with E-state index in [2.05, 4.69) is 33.4 Å². The molecule has 3 aromatic rings. The number of piperazine rings is 1. The molecular formula is C31H43N8O4S+. The van der Waals surface area contributed by atoms with E-state index in [9.17, 15) is 0 Å². The van der Waals surface area contributed by atoms with Crippen LogP contribution in [0.15, 0.2) is 66.1 Å². The Morgan fingerprint density at radius 2 is 1.93 bits per heavy atom. The molecule has 0 radical (unpaired) electrons. The van der Waals surface area contributed by atoms with Gasteiger partial charge in [-0.15, -0.1) is 15.2 Å². The number of hydrogen-bond donors (Lipinski definition) is 1. The Bertz CT molecular complexity index is 1410. The average Bonchev–Trinajstić information content (AvgIpc) is 3.74. The zero-order chi connectivity index (χ0) is 30.7. The number of quaternary nitrogens is 1. The molecule has 0 aliphatic carbocycles. The number of benzene rings is 2. The van der Waals surface area contributed by atoms with E-state index in [0.29, 0.717) is 31.4 Å². The highest BCUT2D eigenvalue weighted by Gasteiger charge is 2.69. The van der Waals surface area contributed by atoms with E-state index >= 15 is 4.79 Å². The van der Waals surface area contributed by atoms with Crippen molar-refractivity contribution in [2.24, 2.45) is 7.05 Å². The number of carbonyl (C=O) groups is 1. The number of nitrogens with zero attached hydrogens (tertiary/aromatic N) is 7. The molecule has 1 aromatic heterocycles. The molecule has 5 unspecified atom stereocenters. The molecule has 4 heterocycles. The van der Waals surface area contributed by atoms with Crippen LogP contribution in [-0.2, 0) is 16.5 Å². The number of urea groups is 1. The van der Waals surface area contributed by atoms with Gasteiger partial charge in [-0.2, -0.15) is 0 Å². The molecule has 3 saturated heterocycles. The van der Waals surface area contributed by atoms with Crippen molar-refractivity contribution < 1.29 is 23.0 Å². The van der Waals surface area contributed by atoms with E-state index in [1.54, 1.807) is 13.4 Å². The highest BCUT2D eigenvalue weighted by atomic mass is 32.2. The van der Waals surface area contributed by atoms with Crippen LogP contribution in [0.25, 0.3) is 0 Å². The molecule has 1 N–H and O–H groups in total. The Morgan fingerprint density at radius 1 is 1.14 bits per heavy atom. The number of nitrogens with one attached hydrogen (secondary N) is 1. The Balaban J connectivity index is 1.59. The number of para-hydroxylation sites is 2. The summed E-state index contributed by atoms with van der Waals surface area (Å²) in [5, 5.41) is 14.9. The molecule has 3 aliphatic rings. The van der Waals surface area contributed by atoms with Crippen molar-refractivity contribution in [3.8, 4) is 5.75 Å². The molecule has 6 rings (SSSR count). The predicted molar refractivity (Wildman–Crippen MR) is 167 cm³/mol.